The van der Waals surface area contributed by atoms with Crippen molar-refractivity contribution in [2.45, 2.75) is 13.5 Å². The lowest BCUT2D eigenvalue weighted by molar-refractivity contribution is 0.174. The van der Waals surface area contributed by atoms with Crippen LogP contribution in [0.1, 0.15) is 12.5 Å². The maximum Gasteiger partial charge on any atom is 0.231 e. The molecular weight excluding hydrogens is 420 g/mol. The highest BCUT2D eigenvalue weighted by Gasteiger charge is 2.22. The Morgan fingerprint density at radius 2 is 1.85 bits per heavy atom. The zero-order valence-corrected chi connectivity index (χ0v) is 18.7. The second-order valence-electron chi connectivity index (χ2n) is 7.96. The van der Waals surface area contributed by atoms with Crippen LogP contribution in [0.3, 0.4) is 0 Å². The van der Waals surface area contributed by atoms with Gasteiger partial charge in [-0.1, -0.05) is 18.2 Å². The Morgan fingerprint density at radius 3 is 2.70 bits per heavy atom. The van der Waals surface area contributed by atoms with Gasteiger partial charge in [0.05, 0.1) is 12.3 Å². The number of fused-ring (bicyclic) bond motifs is 1. The molecule has 2 aliphatic heterocycles. The fraction of sp³-hybridized carbons (Fsp3) is 0.333. The number of piperazine rings is 1. The number of ether oxygens (including phenoxy) is 3. The quantitative estimate of drug-likeness (QED) is 0.564. The summed E-state index contributed by atoms with van der Waals surface area (Å²) < 4.78 is 16.6. The third-order valence-electron chi connectivity index (χ3n) is 5.82. The van der Waals surface area contributed by atoms with E-state index in [1.807, 2.05) is 37.3 Å². The van der Waals surface area contributed by atoms with Crippen molar-refractivity contribution in [3.8, 4) is 17.2 Å². The first-order valence-corrected chi connectivity index (χ1v) is 11.2. The van der Waals surface area contributed by atoms with Gasteiger partial charge in [-0.25, -0.2) is 9.97 Å². The molecule has 9 nitrogen and oxygen atoms in total. The summed E-state index contributed by atoms with van der Waals surface area (Å²) in [5, 5.41) is 3.31. The van der Waals surface area contributed by atoms with Crippen LogP contribution in [0.2, 0.25) is 0 Å². The van der Waals surface area contributed by atoms with E-state index in [4.69, 9.17) is 19.9 Å². The molecule has 172 valence electrons. The minimum Gasteiger partial charge on any atom is -0.492 e. The SMILES string of the molecule is CCOc1ccccc1Nc1ncnc(N2CCN(Cc3ccc4c(c3)OCO4)CC2)c1N. The van der Waals surface area contributed by atoms with Crippen molar-refractivity contribution in [2.75, 3.05) is 55.5 Å². The number of aromatic nitrogens is 2. The smallest absolute Gasteiger partial charge is 0.231 e. The average molecular weight is 449 g/mol. The van der Waals surface area contributed by atoms with Crippen LogP contribution in [0.25, 0.3) is 0 Å². The van der Waals surface area contributed by atoms with Crippen LogP contribution in [0, 0.1) is 0 Å². The molecule has 0 spiro atoms. The van der Waals surface area contributed by atoms with Crippen molar-refractivity contribution < 1.29 is 14.2 Å². The van der Waals surface area contributed by atoms with Crippen LogP contribution in [0.4, 0.5) is 23.0 Å². The lowest BCUT2D eigenvalue weighted by Gasteiger charge is -2.36. The molecule has 0 radical (unpaired) electrons. The average Bonchev–Trinajstić information content (AvgIpc) is 3.30. The molecule has 0 saturated carbocycles. The van der Waals surface area contributed by atoms with Crippen LogP contribution < -0.4 is 30.2 Å². The molecule has 0 amide bonds. The molecule has 3 aromatic rings. The van der Waals surface area contributed by atoms with E-state index in [9.17, 15) is 0 Å². The van der Waals surface area contributed by atoms with Crippen molar-refractivity contribution in [3.63, 3.8) is 0 Å². The molecule has 1 aromatic heterocycles. The summed E-state index contributed by atoms with van der Waals surface area (Å²) in [6.07, 6.45) is 1.55. The predicted molar refractivity (Wildman–Crippen MR) is 127 cm³/mol. The van der Waals surface area contributed by atoms with Crippen molar-refractivity contribution >= 4 is 23.0 Å². The Bertz CT molecular complexity index is 1120. The summed E-state index contributed by atoms with van der Waals surface area (Å²) in [4.78, 5) is 13.5. The highest BCUT2D eigenvalue weighted by atomic mass is 16.7. The molecule has 0 bridgehead atoms. The molecule has 1 fully saturated rings. The van der Waals surface area contributed by atoms with Gasteiger partial charge in [-0.15, -0.1) is 0 Å². The molecule has 5 rings (SSSR count). The number of benzene rings is 2. The van der Waals surface area contributed by atoms with Gasteiger partial charge in [-0.3, -0.25) is 4.90 Å². The Kier molecular flexibility index (Phi) is 6.03. The van der Waals surface area contributed by atoms with E-state index in [1.165, 1.54) is 5.56 Å². The molecular formula is C24H28N6O3. The molecule has 33 heavy (non-hydrogen) atoms. The third-order valence-corrected chi connectivity index (χ3v) is 5.82. The van der Waals surface area contributed by atoms with E-state index < -0.39 is 0 Å². The molecule has 0 atom stereocenters. The van der Waals surface area contributed by atoms with E-state index in [-0.39, 0.29) is 0 Å². The van der Waals surface area contributed by atoms with Gasteiger partial charge >= 0.3 is 0 Å². The maximum atomic E-state index is 6.49. The predicted octanol–water partition coefficient (Wildman–Crippen LogP) is 3.25. The molecule has 1 saturated heterocycles. The summed E-state index contributed by atoms with van der Waals surface area (Å²) in [6.45, 7) is 7.19. The topological polar surface area (TPSA) is 98.0 Å². The van der Waals surface area contributed by atoms with Crippen LogP contribution in [0.15, 0.2) is 48.8 Å². The zero-order chi connectivity index (χ0) is 22.6. The van der Waals surface area contributed by atoms with Gasteiger partial charge in [0.15, 0.2) is 23.1 Å². The Labute approximate surface area is 193 Å². The van der Waals surface area contributed by atoms with E-state index in [1.54, 1.807) is 6.33 Å². The number of nitrogens with two attached hydrogens (primary N) is 1. The number of hydrogen-bond acceptors (Lipinski definition) is 9. The van der Waals surface area contributed by atoms with Gasteiger partial charge in [-0.05, 0) is 36.8 Å². The Morgan fingerprint density at radius 1 is 1.03 bits per heavy atom. The number of nitrogens with zero attached hydrogens (tertiary/aromatic N) is 4. The number of hydrogen-bond donors (Lipinski definition) is 2. The fourth-order valence-electron chi connectivity index (χ4n) is 4.13. The minimum atomic E-state index is 0.297. The Hall–Kier alpha value is -3.72. The van der Waals surface area contributed by atoms with Gasteiger partial charge < -0.3 is 30.2 Å². The maximum absolute atomic E-state index is 6.49. The van der Waals surface area contributed by atoms with E-state index >= 15 is 0 Å². The summed E-state index contributed by atoms with van der Waals surface area (Å²) in [5.41, 5.74) is 9.06. The van der Waals surface area contributed by atoms with Gasteiger partial charge in [0, 0.05) is 32.7 Å². The normalized spacial score (nSPS) is 15.5. The first-order valence-electron chi connectivity index (χ1n) is 11.2. The van der Waals surface area contributed by atoms with Crippen molar-refractivity contribution in [1.29, 1.82) is 0 Å². The van der Waals surface area contributed by atoms with Crippen LogP contribution in [-0.2, 0) is 6.54 Å². The van der Waals surface area contributed by atoms with Crippen LogP contribution >= 0.6 is 0 Å². The van der Waals surface area contributed by atoms with Crippen LogP contribution in [-0.4, -0.2) is 54.4 Å². The lowest BCUT2D eigenvalue weighted by atomic mass is 10.1. The second kappa shape index (κ2) is 9.41. The zero-order valence-electron chi connectivity index (χ0n) is 18.7. The van der Waals surface area contributed by atoms with E-state index in [0.717, 1.165) is 61.5 Å². The molecule has 3 N–H and O–H groups in total. The summed E-state index contributed by atoms with van der Waals surface area (Å²) >= 11 is 0. The van der Waals surface area contributed by atoms with Gasteiger partial charge in [-0.2, -0.15) is 0 Å². The first kappa shape index (κ1) is 21.1. The number of rotatable bonds is 7. The highest BCUT2D eigenvalue weighted by Crippen LogP contribution is 2.34. The van der Waals surface area contributed by atoms with E-state index in [0.29, 0.717) is 24.9 Å². The summed E-state index contributed by atoms with van der Waals surface area (Å²) in [6, 6.07) is 13.9. The van der Waals surface area contributed by atoms with Crippen LogP contribution in [0.5, 0.6) is 17.2 Å². The number of para-hydroxylation sites is 2. The van der Waals surface area contributed by atoms with E-state index in [2.05, 4.69) is 37.2 Å². The standard InChI is InChI=1S/C24H28N6O3/c1-2-31-19-6-4-3-5-18(19)28-23-22(25)24(27-15-26-23)30-11-9-29(10-12-30)14-17-7-8-20-21(13-17)33-16-32-20/h3-8,13,15H,2,9-12,14,16,25H2,1H3,(H,26,27,28). The minimum absolute atomic E-state index is 0.297. The van der Waals surface area contributed by atoms with Crippen molar-refractivity contribution in [1.82, 2.24) is 14.9 Å². The number of nitrogens with one attached hydrogen (secondary N) is 1. The number of nitrogen functional groups attached to an aromatic ring is 1. The highest BCUT2D eigenvalue weighted by molar-refractivity contribution is 5.79. The van der Waals surface area contributed by atoms with Gasteiger partial charge in [0.25, 0.3) is 0 Å². The molecule has 2 aromatic carbocycles. The second-order valence-corrected chi connectivity index (χ2v) is 7.96. The molecule has 3 heterocycles. The summed E-state index contributed by atoms with van der Waals surface area (Å²) in [7, 11) is 0. The molecule has 2 aliphatic rings. The molecule has 0 unspecified atom stereocenters. The molecule has 0 aliphatic carbocycles. The van der Waals surface area contributed by atoms with Crippen molar-refractivity contribution in [3.05, 3.63) is 54.4 Å². The van der Waals surface area contributed by atoms with Gasteiger partial charge in [0.1, 0.15) is 17.8 Å². The lowest BCUT2D eigenvalue weighted by Crippen LogP contribution is -2.46. The van der Waals surface area contributed by atoms with Crippen molar-refractivity contribution in [2.24, 2.45) is 0 Å². The molecule has 9 heteroatoms. The first-order chi connectivity index (χ1) is 16.2. The monoisotopic (exact) mass is 448 g/mol. The Balaban J connectivity index is 1.24. The third kappa shape index (κ3) is 4.58. The number of anilines is 4. The largest absolute Gasteiger partial charge is 0.492 e. The fourth-order valence-corrected chi connectivity index (χ4v) is 4.13. The summed E-state index contributed by atoms with van der Waals surface area (Å²) in [5.74, 6) is 3.73. The van der Waals surface area contributed by atoms with Gasteiger partial charge in [0.2, 0.25) is 6.79 Å².